The molecule has 3 fully saturated rings. The van der Waals surface area contributed by atoms with Crippen molar-refractivity contribution in [1.82, 2.24) is 15.5 Å². The maximum absolute atomic E-state index is 13.1. The average Bonchev–Trinajstić information content (AvgIpc) is 2.83. The van der Waals surface area contributed by atoms with Crippen molar-refractivity contribution >= 4 is 23.8 Å². The summed E-state index contributed by atoms with van der Waals surface area (Å²) in [5, 5.41) is 5.75. The molecule has 1 saturated heterocycles. The van der Waals surface area contributed by atoms with Gasteiger partial charge in [-0.3, -0.25) is 19.3 Å². The molecular weight excluding hydrogens is 386 g/mol. The number of rotatable bonds is 5. The zero-order valence-electron chi connectivity index (χ0n) is 18.4. The molecule has 0 aromatic heterocycles. The third-order valence-electron chi connectivity index (χ3n) is 6.50. The molecule has 0 aromatic carbocycles. The van der Waals surface area contributed by atoms with Crippen LogP contribution in [-0.2, 0) is 19.1 Å². The molecular formula is C22H35N3O5. The molecule has 2 saturated carbocycles. The topological polar surface area (TPSA) is 105 Å². The number of nitrogens with zero attached hydrogens (tertiary/aromatic N) is 1. The first-order valence-electron chi connectivity index (χ1n) is 11.2. The molecule has 1 aliphatic heterocycles. The summed E-state index contributed by atoms with van der Waals surface area (Å²) in [7, 11) is 0. The second-order valence-corrected chi connectivity index (χ2v) is 10.2. The van der Waals surface area contributed by atoms with Gasteiger partial charge in [0.05, 0.1) is 0 Å². The number of carbonyl (C=O) groups excluding carboxylic acids is 4. The number of ether oxygens (including phenoxy) is 1. The van der Waals surface area contributed by atoms with E-state index in [1.807, 2.05) is 0 Å². The average molecular weight is 422 g/mol. The SMILES string of the molecule is CC1CC(C)(C)CC2(C1)NC(=O)N(CC(=O)OCC(=O)NC1CCCCCC1)C2=O. The van der Waals surface area contributed by atoms with E-state index in [9.17, 15) is 19.2 Å². The van der Waals surface area contributed by atoms with E-state index < -0.39 is 30.7 Å². The number of esters is 1. The van der Waals surface area contributed by atoms with Gasteiger partial charge in [0.2, 0.25) is 0 Å². The van der Waals surface area contributed by atoms with Gasteiger partial charge < -0.3 is 15.4 Å². The maximum Gasteiger partial charge on any atom is 0.326 e. The van der Waals surface area contributed by atoms with Gasteiger partial charge in [0, 0.05) is 6.04 Å². The Morgan fingerprint density at radius 1 is 1.13 bits per heavy atom. The minimum Gasteiger partial charge on any atom is -0.454 e. The van der Waals surface area contributed by atoms with Crippen LogP contribution in [0.25, 0.3) is 0 Å². The van der Waals surface area contributed by atoms with Crippen molar-refractivity contribution in [2.24, 2.45) is 11.3 Å². The van der Waals surface area contributed by atoms with E-state index in [2.05, 4.69) is 31.4 Å². The Morgan fingerprint density at radius 2 is 1.80 bits per heavy atom. The lowest BCUT2D eigenvalue weighted by Gasteiger charge is -2.43. The Balaban J connectivity index is 1.50. The smallest absolute Gasteiger partial charge is 0.326 e. The van der Waals surface area contributed by atoms with Crippen molar-refractivity contribution in [2.45, 2.75) is 90.1 Å². The van der Waals surface area contributed by atoms with Crippen molar-refractivity contribution < 1.29 is 23.9 Å². The summed E-state index contributed by atoms with van der Waals surface area (Å²) in [6.45, 7) is 5.39. The Bertz CT molecular complexity index is 699. The predicted molar refractivity (Wildman–Crippen MR) is 110 cm³/mol. The van der Waals surface area contributed by atoms with Crippen LogP contribution in [0.2, 0.25) is 0 Å². The van der Waals surface area contributed by atoms with E-state index in [1.54, 1.807) is 0 Å². The summed E-state index contributed by atoms with van der Waals surface area (Å²) in [5.41, 5.74) is -1.03. The Kier molecular flexibility index (Phi) is 6.72. The molecule has 2 unspecified atom stereocenters. The van der Waals surface area contributed by atoms with E-state index in [0.717, 1.165) is 37.0 Å². The van der Waals surface area contributed by atoms with Crippen LogP contribution in [0.15, 0.2) is 0 Å². The molecule has 2 aliphatic carbocycles. The molecule has 1 heterocycles. The van der Waals surface area contributed by atoms with Crippen LogP contribution in [0.4, 0.5) is 4.79 Å². The summed E-state index contributed by atoms with van der Waals surface area (Å²) in [6.07, 6.45) is 8.53. The number of carbonyl (C=O) groups is 4. The van der Waals surface area contributed by atoms with Crippen LogP contribution in [0.1, 0.15) is 78.6 Å². The lowest BCUT2D eigenvalue weighted by molar-refractivity contribution is -0.151. The molecule has 0 aromatic rings. The lowest BCUT2D eigenvalue weighted by atomic mass is 9.64. The fourth-order valence-electron chi connectivity index (χ4n) is 5.66. The third kappa shape index (κ3) is 5.32. The van der Waals surface area contributed by atoms with E-state index >= 15 is 0 Å². The van der Waals surface area contributed by atoms with Crippen LogP contribution in [0.5, 0.6) is 0 Å². The van der Waals surface area contributed by atoms with E-state index in [4.69, 9.17) is 4.74 Å². The summed E-state index contributed by atoms with van der Waals surface area (Å²) in [5.74, 6) is -1.17. The first-order valence-corrected chi connectivity index (χ1v) is 11.2. The molecule has 3 aliphatic rings. The minimum absolute atomic E-state index is 0.0762. The first-order chi connectivity index (χ1) is 14.1. The molecule has 2 N–H and O–H groups in total. The Hall–Kier alpha value is -2.12. The zero-order chi connectivity index (χ0) is 21.9. The quantitative estimate of drug-likeness (QED) is 0.403. The second kappa shape index (κ2) is 8.94. The summed E-state index contributed by atoms with van der Waals surface area (Å²) >= 11 is 0. The van der Waals surface area contributed by atoms with Crippen molar-refractivity contribution in [1.29, 1.82) is 0 Å². The number of nitrogens with one attached hydrogen (secondary N) is 2. The fraction of sp³-hybridized carbons (Fsp3) is 0.818. The van der Waals surface area contributed by atoms with Gasteiger partial charge in [-0.15, -0.1) is 0 Å². The predicted octanol–water partition coefficient (Wildman–Crippen LogP) is 2.51. The number of imide groups is 1. The van der Waals surface area contributed by atoms with Crippen LogP contribution in [0, 0.1) is 11.3 Å². The van der Waals surface area contributed by atoms with Gasteiger partial charge in [-0.1, -0.05) is 46.5 Å². The van der Waals surface area contributed by atoms with E-state index in [1.165, 1.54) is 12.8 Å². The highest BCUT2D eigenvalue weighted by Crippen LogP contribution is 2.46. The zero-order valence-corrected chi connectivity index (χ0v) is 18.4. The fourth-order valence-corrected chi connectivity index (χ4v) is 5.66. The van der Waals surface area contributed by atoms with Crippen LogP contribution < -0.4 is 10.6 Å². The molecule has 2 atom stereocenters. The molecule has 1 spiro atoms. The van der Waals surface area contributed by atoms with Gasteiger partial charge in [-0.05, 0) is 43.4 Å². The van der Waals surface area contributed by atoms with Crippen molar-refractivity contribution in [3.05, 3.63) is 0 Å². The summed E-state index contributed by atoms with van der Waals surface area (Å²) in [4.78, 5) is 50.8. The highest BCUT2D eigenvalue weighted by atomic mass is 16.5. The molecule has 4 amide bonds. The third-order valence-corrected chi connectivity index (χ3v) is 6.50. The summed E-state index contributed by atoms with van der Waals surface area (Å²) < 4.78 is 5.05. The number of hydrogen-bond acceptors (Lipinski definition) is 5. The van der Waals surface area contributed by atoms with Crippen molar-refractivity contribution in [3.63, 3.8) is 0 Å². The van der Waals surface area contributed by atoms with Crippen molar-refractivity contribution in [2.75, 3.05) is 13.2 Å². The molecule has 8 nitrogen and oxygen atoms in total. The van der Waals surface area contributed by atoms with Crippen molar-refractivity contribution in [3.8, 4) is 0 Å². The van der Waals surface area contributed by atoms with Gasteiger partial charge >= 0.3 is 12.0 Å². The normalized spacial score (nSPS) is 29.4. The van der Waals surface area contributed by atoms with E-state index in [-0.39, 0.29) is 29.2 Å². The molecule has 8 heteroatoms. The molecule has 30 heavy (non-hydrogen) atoms. The number of urea groups is 1. The molecule has 0 radical (unpaired) electrons. The van der Waals surface area contributed by atoms with Crippen LogP contribution in [-0.4, -0.2) is 53.4 Å². The standard InChI is InChI=1S/C22H35N3O5/c1-15-10-21(2,3)14-22(11-15)19(28)25(20(29)24-22)12-18(27)30-13-17(26)23-16-8-6-4-5-7-9-16/h15-16H,4-14H2,1-3H3,(H,23,26)(H,24,29). The monoisotopic (exact) mass is 421 g/mol. The molecule has 0 bridgehead atoms. The van der Waals surface area contributed by atoms with E-state index in [0.29, 0.717) is 12.8 Å². The van der Waals surface area contributed by atoms with Gasteiger partial charge in [0.15, 0.2) is 6.61 Å². The maximum atomic E-state index is 13.1. The molecule has 3 rings (SSSR count). The first kappa shape index (κ1) is 22.6. The van der Waals surface area contributed by atoms with Crippen LogP contribution in [0.3, 0.4) is 0 Å². The summed E-state index contributed by atoms with van der Waals surface area (Å²) in [6, 6.07) is -0.439. The van der Waals surface area contributed by atoms with Gasteiger partial charge in [-0.2, -0.15) is 0 Å². The lowest BCUT2D eigenvalue weighted by Crippen LogP contribution is -2.54. The van der Waals surface area contributed by atoms with Crippen LogP contribution >= 0.6 is 0 Å². The number of amides is 4. The number of hydrogen-bond donors (Lipinski definition) is 2. The minimum atomic E-state index is -0.949. The Labute approximate surface area is 178 Å². The second-order valence-electron chi connectivity index (χ2n) is 10.2. The largest absolute Gasteiger partial charge is 0.454 e. The van der Waals surface area contributed by atoms with Gasteiger partial charge in [-0.25, -0.2) is 4.79 Å². The van der Waals surface area contributed by atoms with Gasteiger partial charge in [0.25, 0.3) is 11.8 Å². The highest BCUT2D eigenvalue weighted by molar-refractivity contribution is 6.08. The highest BCUT2D eigenvalue weighted by Gasteiger charge is 2.56. The Morgan fingerprint density at radius 3 is 2.43 bits per heavy atom. The molecule has 168 valence electrons. The van der Waals surface area contributed by atoms with Gasteiger partial charge in [0.1, 0.15) is 12.1 Å².